The van der Waals surface area contributed by atoms with Gasteiger partial charge in [-0.2, -0.15) is 0 Å². The first-order chi connectivity index (χ1) is 15.4. The number of anilines is 1. The number of rotatable bonds is 7. The van der Waals surface area contributed by atoms with Crippen molar-refractivity contribution in [3.8, 4) is 5.82 Å². The lowest BCUT2D eigenvalue weighted by molar-refractivity contribution is 0.591. The van der Waals surface area contributed by atoms with Gasteiger partial charge < -0.3 is 0 Å². The number of H-pyrrole nitrogens is 1. The van der Waals surface area contributed by atoms with Gasteiger partial charge in [-0.25, -0.2) is 18.1 Å². The van der Waals surface area contributed by atoms with Gasteiger partial charge in [-0.15, -0.1) is 0 Å². The van der Waals surface area contributed by atoms with Crippen molar-refractivity contribution in [2.45, 2.75) is 25.2 Å². The summed E-state index contributed by atoms with van der Waals surface area (Å²) in [6.45, 7) is 3.87. The second-order valence-corrected chi connectivity index (χ2v) is 9.07. The summed E-state index contributed by atoms with van der Waals surface area (Å²) in [5.74, 6) is 0.312. The van der Waals surface area contributed by atoms with Crippen LogP contribution < -0.4 is 9.86 Å². The smallest absolute Gasteiger partial charge is 0.276 e. The topological polar surface area (TPSA) is 101 Å². The molecular formula is C23H23N5O3S. The molecule has 0 amide bonds. The lowest BCUT2D eigenvalue weighted by Crippen LogP contribution is -2.30. The van der Waals surface area contributed by atoms with E-state index in [0.717, 1.165) is 5.69 Å². The highest BCUT2D eigenvalue weighted by Crippen LogP contribution is 2.23. The molecule has 1 N–H and O–H groups in total. The summed E-state index contributed by atoms with van der Waals surface area (Å²) in [5, 5.41) is 3.02. The van der Waals surface area contributed by atoms with E-state index in [9.17, 15) is 13.2 Å². The van der Waals surface area contributed by atoms with Crippen LogP contribution in [0.15, 0.2) is 82.7 Å². The Bertz CT molecular complexity index is 1360. The first-order valence-corrected chi connectivity index (χ1v) is 11.6. The van der Waals surface area contributed by atoms with E-state index in [2.05, 4.69) is 15.1 Å². The van der Waals surface area contributed by atoms with E-state index < -0.39 is 10.0 Å². The molecule has 9 heteroatoms. The van der Waals surface area contributed by atoms with Crippen molar-refractivity contribution < 1.29 is 8.42 Å². The van der Waals surface area contributed by atoms with Crippen molar-refractivity contribution >= 4 is 15.7 Å². The third kappa shape index (κ3) is 4.06. The fourth-order valence-corrected chi connectivity index (χ4v) is 4.92. The number of para-hydroxylation sites is 1. The minimum atomic E-state index is -3.79. The molecule has 3 heterocycles. The number of hydrogen-bond acceptors (Lipinski definition) is 5. The van der Waals surface area contributed by atoms with Crippen LogP contribution in [0.25, 0.3) is 5.82 Å². The van der Waals surface area contributed by atoms with E-state index in [4.69, 9.17) is 0 Å². The molecule has 0 aliphatic rings. The quantitative estimate of drug-likeness (QED) is 0.467. The average molecular weight is 450 g/mol. The summed E-state index contributed by atoms with van der Waals surface area (Å²) in [6, 6.07) is 17.4. The predicted molar refractivity (Wildman–Crippen MR) is 123 cm³/mol. The van der Waals surface area contributed by atoms with Gasteiger partial charge in [-0.3, -0.25) is 19.2 Å². The molecule has 0 atom stereocenters. The SMILES string of the molecule is CCN(c1ccccc1)S(=O)(=O)c1ccc(-n2[nH]c(C)c(Cc3ccccn3)c2=O)nc1. The molecule has 8 nitrogen and oxygen atoms in total. The van der Waals surface area contributed by atoms with Gasteiger partial charge in [0.2, 0.25) is 0 Å². The Morgan fingerprint density at radius 3 is 2.38 bits per heavy atom. The molecule has 4 aromatic rings. The van der Waals surface area contributed by atoms with Crippen molar-refractivity contribution in [2.75, 3.05) is 10.8 Å². The highest BCUT2D eigenvalue weighted by atomic mass is 32.2. The number of aromatic amines is 1. The fraction of sp³-hybridized carbons (Fsp3) is 0.174. The molecule has 1 aromatic carbocycles. The van der Waals surface area contributed by atoms with E-state index in [0.29, 0.717) is 29.2 Å². The Morgan fingerprint density at radius 2 is 1.75 bits per heavy atom. The summed E-state index contributed by atoms with van der Waals surface area (Å²) in [5.41, 5.74) is 2.42. The Morgan fingerprint density at radius 1 is 1.00 bits per heavy atom. The van der Waals surface area contributed by atoms with Gasteiger partial charge in [0.05, 0.1) is 5.69 Å². The molecule has 0 bridgehead atoms. The normalized spacial score (nSPS) is 11.4. The van der Waals surface area contributed by atoms with Crippen molar-refractivity contribution in [3.05, 3.63) is 100 Å². The van der Waals surface area contributed by atoms with Crippen LogP contribution in [0, 0.1) is 6.92 Å². The average Bonchev–Trinajstić information content (AvgIpc) is 3.09. The van der Waals surface area contributed by atoms with Gasteiger partial charge in [0.25, 0.3) is 15.6 Å². The molecule has 0 saturated heterocycles. The second kappa shape index (κ2) is 8.80. The molecule has 0 spiro atoms. The molecule has 0 aliphatic heterocycles. The molecule has 0 unspecified atom stereocenters. The van der Waals surface area contributed by atoms with Crippen LogP contribution in [-0.4, -0.2) is 34.7 Å². The molecule has 164 valence electrons. The lowest BCUT2D eigenvalue weighted by Gasteiger charge is -2.22. The number of nitrogens with one attached hydrogen (secondary N) is 1. The fourth-order valence-electron chi connectivity index (χ4n) is 3.50. The third-order valence-electron chi connectivity index (χ3n) is 5.15. The molecule has 4 rings (SSSR count). The number of nitrogens with zero attached hydrogens (tertiary/aromatic N) is 4. The van der Waals surface area contributed by atoms with Crippen LogP contribution in [0.2, 0.25) is 0 Å². The van der Waals surface area contributed by atoms with Gasteiger partial charge in [0, 0.05) is 42.3 Å². The monoisotopic (exact) mass is 449 g/mol. The van der Waals surface area contributed by atoms with Crippen LogP contribution >= 0.6 is 0 Å². The lowest BCUT2D eigenvalue weighted by atomic mass is 10.1. The zero-order valence-electron chi connectivity index (χ0n) is 17.8. The molecule has 0 radical (unpaired) electrons. The summed E-state index contributed by atoms with van der Waals surface area (Å²) in [6.07, 6.45) is 3.35. The molecule has 0 aliphatic carbocycles. The largest absolute Gasteiger partial charge is 0.294 e. The van der Waals surface area contributed by atoms with E-state index >= 15 is 0 Å². The maximum absolute atomic E-state index is 13.1. The summed E-state index contributed by atoms with van der Waals surface area (Å²) in [4.78, 5) is 21.5. The Hall–Kier alpha value is -3.72. The zero-order chi connectivity index (χ0) is 22.7. The number of hydrogen-bond donors (Lipinski definition) is 1. The first kappa shape index (κ1) is 21.5. The summed E-state index contributed by atoms with van der Waals surface area (Å²) in [7, 11) is -3.79. The minimum absolute atomic E-state index is 0.0528. The van der Waals surface area contributed by atoms with E-state index in [1.807, 2.05) is 31.2 Å². The number of aromatic nitrogens is 4. The van der Waals surface area contributed by atoms with E-state index in [-0.39, 0.29) is 17.0 Å². The standard InChI is InChI=1S/C23H23N5O3S/c1-3-27(19-10-5-4-6-11-19)32(30,31)20-12-13-22(25-16-20)28-23(29)21(17(2)26-28)15-18-9-7-8-14-24-18/h4-14,16,26H,3,15H2,1-2H3. The highest BCUT2D eigenvalue weighted by Gasteiger charge is 2.24. The van der Waals surface area contributed by atoms with Crippen LogP contribution in [0.3, 0.4) is 0 Å². The zero-order valence-corrected chi connectivity index (χ0v) is 18.6. The maximum Gasteiger partial charge on any atom is 0.276 e. The predicted octanol–water partition coefficient (Wildman–Crippen LogP) is 3.07. The summed E-state index contributed by atoms with van der Waals surface area (Å²) >= 11 is 0. The van der Waals surface area contributed by atoms with Crippen LogP contribution in [0.4, 0.5) is 5.69 Å². The first-order valence-electron chi connectivity index (χ1n) is 10.2. The number of benzene rings is 1. The maximum atomic E-state index is 13.1. The van der Waals surface area contributed by atoms with Gasteiger partial charge >= 0.3 is 0 Å². The summed E-state index contributed by atoms with van der Waals surface area (Å²) < 4.78 is 28.9. The van der Waals surface area contributed by atoms with Crippen molar-refractivity contribution in [2.24, 2.45) is 0 Å². The van der Waals surface area contributed by atoms with Gasteiger partial charge in [-0.1, -0.05) is 24.3 Å². The molecule has 3 aromatic heterocycles. The van der Waals surface area contributed by atoms with Crippen LogP contribution in [0.5, 0.6) is 0 Å². The molecular weight excluding hydrogens is 426 g/mol. The van der Waals surface area contributed by atoms with E-state index in [1.165, 1.54) is 27.3 Å². The Balaban J connectivity index is 1.64. The van der Waals surface area contributed by atoms with Gasteiger partial charge in [-0.05, 0) is 50.2 Å². The molecule has 0 fully saturated rings. The number of pyridine rings is 2. The highest BCUT2D eigenvalue weighted by molar-refractivity contribution is 7.92. The van der Waals surface area contributed by atoms with Gasteiger partial charge in [0.15, 0.2) is 5.82 Å². The van der Waals surface area contributed by atoms with Crippen LogP contribution in [0.1, 0.15) is 23.9 Å². The second-order valence-electron chi connectivity index (χ2n) is 7.21. The van der Waals surface area contributed by atoms with Crippen molar-refractivity contribution in [1.82, 2.24) is 19.7 Å². The minimum Gasteiger partial charge on any atom is -0.294 e. The molecule has 0 saturated carbocycles. The Labute approximate surface area is 186 Å². The van der Waals surface area contributed by atoms with Crippen molar-refractivity contribution in [1.29, 1.82) is 0 Å². The Kier molecular flexibility index (Phi) is 5.91. The van der Waals surface area contributed by atoms with Gasteiger partial charge in [0.1, 0.15) is 4.90 Å². The van der Waals surface area contributed by atoms with Crippen molar-refractivity contribution in [3.63, 3.8) is 0 Å². The molecule has 32 heavy (non-hydrogen) atoms. The van der Waals surface area contributed by atoms with Crippen LogP contribution in [-0.2, 0) is 16.4 Å². The number of aryl methyl sites for hydroxylation is 1. The van der Waals surface area contributed by atoms with E-state index in [1.54, 1.807) is 37.4 Å². The third-order valence-corrected chi connectivity index (χ3v) is 7.03. The number of sulfonamides is 1.